The van der Waals surface area contributed by atoms with Crippen LogP contribution in [0.25, 0.3) is 0 Å². The maximum atomic E-state index is 4.49. The molecule has 21 heavy (non-hydrogen) atoms. The van der Waals surface area contributed by atoms with Gasteiger partial charge in [-0.25, -0.2) is 0 Å². The molecule has 0 amide bonds. The van der Waals surface area contributed by atoms with Crippen LogP contribution in [-0.2, 0) is 0 Å². The smallest absolute Gasteiger partial charge is 0.193 e. The monoisotopic (exact) mass is 294 g/mol. The van der Waals surface area contributed by atoms with Gasteiger partial charge in [0, 0.05) is 38.8 Å². The standard InChI is InChI=1S/C17H34N4/c1-16(2,3)20-12-11-19-15(18-4)21-13-10-17(14-21)8-6-5-7-9-17/h20H,5-14H2,1-4H3,(H,18,19). The molecule has 0 radical (unpaired) electrons. The Morgan fingerprint density at radius 1 is 1.10 bits per heavy atom. The van der Waals surface area contributed by atoms with Crippen molar-refractivity contribution in [3.8, 4) is 0 Å². The molecule has 0 unspecified atom stereocenters. The lowest BCUT2D eigenvalue weighted by molar-refractivity contribution is 0.203. The van der Waals surface area contributed by atoms with Gasteiger partial charge in [-0.15, -0.1) is 0 Å². The molecule has 2 rings (SSSR count). The summed E-state index contributed by atoms with van der Waals surface area (Å²) in [5.41, 5.74) is 0.782. The second-order valence-electron chi connectivity index (χ2n) is 7.88. The first kappa shape index (κ1) is 16.6. The van der Waals surface area contributed by atoms with Crippen LogP contribution < -0.4 is 10.6 Å². The van der Waals surface area contributed by atoms with E-state index in [-0.39, 0.29) is 5.54 Å². The zero-order chi connectivity index (χ0) is 15.3. The third-order valence-electron chi connectivity index (χ3n) is 4.93. The molecule has 4 heteroatoms. The molecule has 0 aromatic heterocycles. The summed E-state index contributed by atoms with van der Waals surface area (Å²) in [6, 6.07) is 0. The molecule has 2 N–H and O–H groups in total. The van der Waals surface area contributed by atoms with Gasteiger partial charge in [-0.2, -0.15) is 0 Å². The van der Waals surface area contributed by atoms with Crippen molar-refractivity contribution in [3.63, 3.8) is 0 Å². The molecule has 1 saturated carbocycles. The number of nitrogens with zero attached hydrogens (tertiary/aromatic N) is 2. The Balaban J connectivity index is 1.77. The Labute approximate surface area is 130 Å². The van der Waals surface area contributed by atoms with Crippen LogP contribution >= 0.6 is 0 Å². The van der Waals surface area contributed by atoms with Crippen molar-refractivity contribution in [2.24, 2.45) is 10.4 Å². The van der Waals surface area contributed by atoms with Crippen molar-refractivity contribution in [2.45, 2.75) is 64.8 Å². The summed E-state index contributed by atoms with van der Waals surface area (Å²) in [6.45, 7) is 10.9. The minimum atomic E-state index is 0.186. The lowest BCUT2D eigenvalue weighted by Gasteiger charge is -2.33. The van der Waals surface area contributed by atoms with Gasteiger partial charge in [0.05, 0.1) is 0 Å². The first-order valence-corrected chi connectivity index (χ1v) is 8.65. The molecule has 122 valence electrons. The Hall–Kier alpha value is -0.770. The number of hydrogen-bond acceptors (Lipinski definition) is 2. The maximum absolute atomic E-state index is 4.49. The number of nitrogens with one attached hydrogen (secondary N) is 2. The molecular weight excluding hydrogens is 260 g/mol. The van der Waals surface area contributed by atoms with E-state index < -0.39 is 0 Å². The number of aliphatic imine (C=N–C) groups is 1. The van der Waals surface area contributed by atoms with Crippen molar-refractivity contribution in [1.82, 2.24) is 15.5 Å². The van der Waals surface area contributed by atoms with Gasteiger partial charge in [0.15, 0.2) is 5.96 Å². The van der Waals surface area contributed by atoms with Gasteiger partial charge in [-0.3, -0.25) is 4.99 Å². The fourth-order valence-corrected chi connectivity index (χ4v) is 3.77. The SMILES string of the molecule is CN=C(NCCNC(C)(C)C)N1CCC2(CCCCC2)C1. The highest BCUT2D eigenvalue weighted by Gasteiger charge is 2.39. The zero-order valence-corrected chi connectivity index (χ0v) is 14.5. The van der Waals surface area contributed by atoms with Crippen molar-refractivity contribution < 1.29 is 0 Å². The summed E-state index contributed by atoms with van der Waals surface area (Å²) < 4.78 is 0. The molecule has 4 nitrogen and oxygen atoms in total. The molecule has 2 fully saturated rings. The average molecular weight is 294 g/mol. The van der Waals surface area contributed by atoms with E-state index in [4.69, 9.17) is 0 Å². The molecule has 1 heterocycles. The number of hydrogen-bond donors (Lipinski definition) is 2. The van der Waals surface area contributed by atoms with Crippen LogP contribution in [0.2, 0.25) is 0 Å². The maximum Gasteiger partial charge on any atom is 0.193 e. The minimum absolute atomic E-state index is 0.186. The Morgan fingerprint density at radius 2 is 1.81 bits per heavy atom. The summed E-state index contributed by atoms with van der Waals surface area (Å²) in [4.78, 5) is 6.96. The molecule has 0 atom stereocenters. The van der Waals surface area contributed by atoms with Crippen molar-refractivity contribution in [1.29, 1.82) is 0 Å². The highest BCUT2D eigenvalue weighted by Crippen LogP contribution is 2.43. The Morgan fingerprint density at radius 3 is 2.43 bits per heavy atom. The van der Waals surface area contributed by atoms with Crippen molar-refractivity contribution >= 4 is 5.96 Å². The normalized spacial score (nSPS) is 22.9. The van der Waals surface area contributed by atoms with Crippen LogP contribution in [0.3, 0.4) is 0 Å². The van der Waals surface area contributed by atoms with E-state index in [2.05, 4.69) is 41.3 Å². The summed E-state index contributed by atoms with van der Waals surface area (Å²) in [7, 11) is 1.91. The van der Waals surface area contributed by atoms with Crippen LogP contribution in [0.5, 0.6) is 0 Å². The second kappa shape index (κ2) is 6.99. The number of guanidine groups is 1. The molecule has 1 saturated heterocycles. The van der Waals surface area contributed by atoms with Crippen LogP contribution in [-0.4, -0.2) is 49.6 Å². The van der Waals surface area contributed by atoms with Crippen LogP contribution in [0.1, 0.15) is 59.3 Å². The molecule has 0 aromatic carbocycles. The fraction of sp³-hybridized carbons (Fsp3) is 0.941. The van der Waals surface area contributed by atoms with Gasteiger partial charge >= 0.3 is 0 Å². The summed E-state index contributed by atoms with van der Waals surface area (Å²) in [5, 5.41) is 7.03. The number of likely N-dealkylation sites (tertiary alicyclic amines) is 1. The predicted molar refractivity (Wildman–Crippen MR) is 90.8 cm³/mol. The second-order valence-corrected chi connectivity index (χ2v) is 7.88. The molecular formula is C17H34N4. The molecule has 2 aliphatic rings. The first-order chi connectivity index (χ1) is 9.94. The van der Waals surface area contributed by atoms with Gasteiger partial charge < -0.3 is 15.5 Å². The lowest BCUT2D eigenvalue weighted by Crippen LogP contribution is -2.46. The molecule has 0 aromatic rings. The highest BCUT2D eigenvalue weighted by atomic mass is 15.3. The van der Waals surface area contributed by atoms with Gasteiger partial charge in [-0.1, -0.05) is 19.3 Å². The average Bonchev–Trinajstić information content (AvgIpc) is 2.82. The van der Waals surface area contributed by atoms with Gasteiger partial charge in [0.2, 0.25) is 0 Å². The van der Waals surface area contributed by atoms with Crippen LogP contribution in [0, 0.1) is 5.41 Å². The quantitative estimate of drug-likeness (QED) is 0.477. The Kier molecular flexibility index (Phi) is 5.53. The first-order valence-electron chi connectivity index (χ1n) is 8.65. The van der Waals surface area contributed by atoms with Crippen LogP contribution in [0.4, 0.5) is 0 Å². The summed E-state index contributed by atoms with van der Waals surface area (Å²) >= 11 is 0. The van der Waals surface area contributed by atoms with Crippen molar-refractivity contribution in [3.05, 3.63) is 0 Å². The lowest BCUT2D eigenvalue weighted by atomic mass is 9.73. The van der Waals surface area contributed by atoms with E-state index in [1.807, 2.05) is 7.05 Å². The largest absolute Gasteiger partial charge is 0.355 e. The third kappa shape index (κ3) is 4.87. The molecule has 1 spiro atoms. The number of rotatable bonds is 3. The Bertz CT molecular complexity index is 350. The van der Waals surface area contributed by atoms with E-state index in [1.54, 1.807) is 0 Å². The summed E-state index contributed by atoms with van der Waals surface area (Å²) in [5.74, 6) is 1.09. The zero-order valence-electron chi connectivity index (χ0n) is 14.5. The minimum Gasteiger partial charge on any atom is -0.355 e. The van der Waals surface area contributed by atoms with E-state index in [1.165, 1.54) is 51.6 Å². The van der Waals surface area contributed by atoms with Crippen LogP contribution in [0.15, 0.2) is 4.99 Å². The van der Waals surface area contributed by atoms with Crippen molar-refractivity contribution in [2.75, 3.05) is 33.2 Å². The topological polar surface area (TPSA) is 39.7 Å². The van der Waals surface area contributed by atoms with Gasteiger partial charge in [0.25, 0.3) is 0 Å². The van der Waals surface area contributed by atoms with E-state index in [9.17, 15) is 0 Å². The highest BCUT2D eigenvalue weighted by molar-refractivity contribution is 5.80. The van der Waals surface area contributed by atoms with Gasteiger partial charge in [0.1, 0.15) is 0 Å². The third-order valence-corrected chi connectivity index (χ3v) is 4.93. The van der Waals surface area contributed by atoms with E-state index >= 15 is 0 Å². The van der Waals surface area contributed by atoms with Gasteiger partial charge in [-0.05, 0) is 45.4 Å². The molecule has 0 bridgehead atoms. The molecule has 1 aliphatic carbocycles. The molecule has 1 aliphatic heterocycles. The fourth-order valence-electron chi connectivity index (χ4n) is 3.77. The van der Waals surface area contributed by atoms with E-state index in [0.29, 0.717) is 5.41 Å². The summed E-state index contributed by atoms with van der Waals surface area (Å²) in [6.07, 6.45) is 8.49. The van der Waals surface area contributed by atoms with E-state index in [0.717, 1.165) is 19.0 Å². The predicted octanol–water partition coefficient (Wildman–Crippen LogP) is 2.61.